The van der Waals surface area contributed by atoms with Crippen LogP contribution in [0.4, 0.5) is 0 Å². The van der Waals surface area contributed by atoms with Gasteiger partial charge in [0.25, 0.3) is 5.56 Å². The van der Waals surface area contributed by atoms with E-state index in [-0.39, 0.29) is 24.6 Å². The van der Waals surface area contributed by atoms with Gasteiger partial charge in [-0.05, 0) is 25.5 Å². The van der Waals surface area contributed by atoms with Crippen LogP contribution in [0.5, 0.6) is 5.75 Å². The number of thiazole rings is 1. The Balaban J connectivity index is 1.45. The van der Waals surface area contributed by atoms with Crippen LogP contribution < -0.4 is 10.3 Å². The average Bonchev–Trinajstić information content (AvgIpc) is 2.99. The first kappa shape index (κ1) is 17.2. The third-order valence-electron chi connectivity index (χ3n) is 3.55. The van der Waals surface area contributed by atoms with Gasteiger partial charge >= 0.3 is 5.97 Å². The molecule has 3 rings (SSSR count). The van der Waals surface area contributed by atoms with E-state index in [2.05, 4.69) is 4.98 Å². The molecule has 0 bridgehead atoms. The Morgan fingerprint density at radius 2 is 2.08 bits per heavy atom. The summed E-state index contributed by atoms with van der Waals surface area (Å²) in [6.07, 6.45) is 0.819. The number of para-hydroxylation sites is 1. The van der Waals surface area contributed by atoms with E-state index in [1.165, 1.54) is 21.8 Å². The predicted molar refractivity (Wildman–Crippen MR) is 95.0 cm³/mol. The number of aromatic nitrogens is 2. The van der Waals surface area contributed by atoms with Crippen molar-refractivity contribution in [2.24, 2.45) is 0 Å². The Morgan fingerprint density at radius 3 is 2.88 bits per heavy atom. The van der Waals surface area contributed by atoms with Crippen LogP contribution in [-0.4, -0.2) is 22.0 Å². The second-order valence-electron chi connectivity index (χ2n) is 5.51. The highest BCUT2D eigenvalue weighted by Crippen LogP contribution is 2.12. The van der Waals surface area contributed by atoms with Crippen LogP contribution in [0.15, 0.2) is 46.6 Å². The Bertz CT molecular complexity index is 918. The van der Waals surface area contributed by atoms with Gasteiger partial charge in [-0.15, -0.1) is 11.3 Å². The molecule has 0 aliphatic carbocycles. The Kier molecular flexibility index (Phi) is 5.45. The normalized spacial score (nSPS) is 10.8. The molecule has 0 spiro atoms. The van der Waals surface area contributed by atoms with E-state index in [0.717, 1.165) is 11.4 Å². The maximum Gasteiger partial charge on any atom is 0.306 e. The smallest absolute Gasteiger partial charge is 0.306 e. The molecule has 0 unspecified atom stereocenters. The molecule has 0 aliphatic rings. The highest BCUT2D eigenvalue weighted by molar-refractivity contribution is 7.15. The van der Waals surface area contributed by atoms with Crippen LogP contribution in [0.25, 0.3) is 4.96 Å². The number of carbonyl (C=O) groups excluding carboxylic acids is 1. The SMILES string of the molecule is Cc1csc2nc(COC(=O)CCCOc3ccccc3)cc(=O)n12. The average molecular weight is 358 g/mol. The summed E-state index contributed by atoms with van der Waals surface area (Å²) in [5, 5.41) is 1.87. The molecule has 6 nitrogen and oxygen atoms in total. The fraction of sp³-hybridized carbons (Fsp3) is 0.278. The molecule has 0 amide bonds. The van der Waals surface area contributed by atoms with Crippen molar-refractivity contribution < 1.29 is 14.3 Å². The molecule has 0 saturated heterocycles. The monoisotopic (exact) mass is 358 g/mol. The van der Waals surface area contributed by atoms with Gasteiger partial charge in [0.1, 0.15) is 12.4 Å². The second-order valence-corrected chi connectivity index (χ2v) is 6.34. The number of aryl methyl sites for hydroxylation is 1. The predicted octanol–water partition coefficient (Wildman–Crippen LogP) is 2.97. The van der Waals surface area contributed by atoms with Crippen molar-refractivity contribution in [3.05, 3.63) is 63.5 Å². The number of fused-ring (bicyclic) bond motifs is 1. The quantitative estimate of drug-likeness (QED) is 0.480. The minimum Gasteiger partial charge on any atom is -0.494 e. The molecule has 25 heavy (non-hydrogen) atoms. The van der Waals surface area contributed by atoms with Crippen LogP contribution in [0.1, 0.15) is 24.2 Å². The fourth-order valence-electron chi connectivity index (χ4n) is 2.32. The molecule has 1 aromatic carbocycles. The van der Waals surface area contributed by atoms with Gasteiger partial charge in [0.05, 0.1) is 12.3 Å². The molecule has 0 saturated carbocycles. The summed E-state index contributed by atoms with van der Waals surface area (Å²) in [7, 11) is 0. The molecule has 0 atom stereocenters. The van der Waals surface area contributed by atoms with Gasteiger partial charge in [0.2, 0.25) is 0 Å². The second kappa shape index (κ2) is 7.94. The molecule has 0 N–H and O–H groups in total. The van der Waals surface area contributed by atoms with E-state index in [1.54, 1.807) is 0 Å². The number of rotatable bonds is 7. The Morgan fingerprint density at radius 1 is 1.28 bits per heavy atom. The number of hydrogen-bond acceptors (Lipinski definition) is 6. The Labute approximate surface area is 148 Å². The van der Waals surface area contributed by atoms with Gasteiger partial charge in [-0.25, -0.2) is 4.98 Å². The molecule has 2 heterocycles. The molecule has 7 heteroatoms. The van der Waals surface area contributed by atoms with E-state index in [9.17, 15) is 9.59 Å². The van der Waals surface area contributed by atoms with Gasteiger partial charge in [-0.2, -0.15) is 0 Å². The molecule has 0 aliphatic heterocycles. The first-order chi connectivity index (χ1) is 12.1. The third-order valence-corrected chi connectivity index (χ3v) is 4.49. The largest absolute Gasteiger partial charge is 0.494 e. The summed E-state index contributed by atoms with van der Waals surface area (Å²) in [6, 6.07) is 10.8. The fourth-order valence-corrected chi connectivity index (χ4v) is 3.22. The summed E-state index contributed by atoms with van der Waals surface area (Å²) < 4.78 is 12.3. The summed E-state index contributed by atoms with van der Waals surface area (Å²) in [4.78, 5) is 28.8. The molecule has 0 fully saturated rings. The molecule has 130 valence electrons. The zero-order valence-electron chi connectivity index (χ0n) is 13.8. The minimum atomic E-state index is -0.332. The summed E-state index contributed by atoms with van der Waals surface area (Å²) in [5.74, 6) is 0.445. The van der Waals surface area contributed by atoms with Crippen molar-refractivity contribution in [3.63, 3.8) is 0 Å². The number of benzene rings is 1. The summed E-state index contributed by atoms with van der Waals surface area (Å²) in [6.45, 7) is 2.30. The van der Waals surface area contributed by atoms with E-state index >= 15 is 0 Å². The number of nitrogens with zero attached hydrogens (tertiary/aromatic N) is 2. The van der Waals surface area contributed by atoms with Gasteiger partial charge < -0.3 is 9.47 Å². The van der Waals surface area contributed by atoms with Crippen molar-refractivity contribution in [2.45, 2.75) is 26.4 Å². The standard InChI is InChI=1S/C18H18N2O4S/c1-13-12-25-18-19-14(10-16(21)20(13)18)11-24-17(22)8-5-9-23-15-6-3-2-4-7-15/h2-4,6-7,10,12H,5,8-9,11H2,1H3. The highest BCUT2D eigenvalue weighted by Gasteiger charge is 2.09. The van der Waals surface area contributed by atoms with Crippen molar-refractivity contribution >= 4 is 22.3 Å². The molecule has 0 radical (unpaired) electrons. The van der Waals surface area contributed by atoms with Gasteiger partial charge in [-0.1, -0.05) is 18.2 Å². The maximum absolute atomic E-state index is 12.0. The van der Waals surface area contributed by atoms with E-state index in [4.69, 9.17) is 9.47 Å². The lowest BCUT2D eigenvalue weighted by atomic mass is 10.3. The van der Waals surface area contributed by atoms with E-state index in [1.807, 2.05) is 42.6 Å². The van der Waals surface area contributed by atoms with Crippen LogP contribution in [0, 0.1) is 6.92 Å². The molecular weight excluding hydrogens is 340 g/mol. The minimum absolute atomic E-state index is 0.00105. The first-order valence-corrected chi connectivity index (χ1v) is 8.82. The number of hydrogen-bond donors (Lipinski definition) is 0. The van der Waals surface area contributed by atoms with Gasteiger partial charge in [-0.3, -0.25) is 14.0 Å². The van der Waals surface area contributed by atoms with E-state index in [0.29, 0.717) is 23.7 Å². The van der Waals surface area contributed by atoms with Crippen molar-refractivity contribution in [2.75, 3.05) is 6.61 Å². The lowest BCUT2D eigenvalue weighted by Crippen LogP contribution is -2.16. The molecule has 2 aromatic heterocycles. The summed E-state index contributed by atoms with van der Waals surface area (Å²) in [5.41, 5.74) is 1.14. The van der Waals surface area contributed by atoms with Crippen molar-refractivity contribution in [1.82, 2.24) is 9.38 Å². The molecule has 3 aromatic rings. The topological polar surface area (TPSA) is 69.9 Å². The number of esters is 1. The summed E-state index contributed by atoms with van der Waals surface area (Å²) >= 11 is 1.39. The number of ether oxygens (including phenoxy) is 2. The van der Waals surface area contributed by atoms with Crippen molar-refractivity contribution in [1.29, 1.82) is 0 Å². The maximum atomic E-state index is 12.0. The number of carbonyl (C=O) groups is 1. The van der Waals surface area contributed by atoms with E-state index < -0.39 is 0 Å². The lowest BCUT2D eigenvalue weighted by Gasteiger charge is -2.06. The zero-order valence-corrected chi connectivity index (χ0v) is 14.6. The van der Waals surface area contributed by atoms with Crippen LogP contribution >= 0.6 is 11.3 Å². The zero-order chi connectivity index (χ0) is 17.6. The Hall–Kier alpha value is -2.67. The van der Waals surface area contributed by atoms with Crippen LogP contribution in [0.3, 0.4) is 0 Å². The van der Waals surface area contributed by atoms with Crippen molar-refractivity contribution in [3.8, 4) is 5.75 Å². The third kappa shape index (κ3) is 4.45. The van der Waals surface area contributed by atoms with Gasteiger partial charge in [0, 0.05) is 23.6 Å². The van der Waals surface area contributed by atoms with Gasteiger partial charge in [0.15, 0.2) is 4.96 Å². The molecular formula is C18H18N2O4S. The van der Waals surface area contributed by atoms with Crippen LogP contribution in [0.2, 0.25) is 0 Å². The first-order valence-electron chi connectivity index (χ1n) is 7.94. The van der Waals surface area contributed by atoms with Crippen LogP contribution in [-0.2, 0) is 16.1 Å². The highest BCUT2D eigenvalue weighted by atomic mass is 32.1. The lowest BCUT2D eigenvalue weighted by molar-refractivity contribution is -0.145.